The molecule has 0 atom stereocenters. The molecule has 0 spiro atoms. The summed E-state index contributed by atoms with van der Waals surface area (Å²) in [5, 5.41) is 2.72. The highest BCUT2D eigenvalue weighted by Crippen LogP contribution is 2.26. The third-order valence-electron chi connectivity index (χ3n) is 2.42. The van der Waals surface area contributed by atoms with E-state index in [2.05, 4.69) is 5.32 Å². The summed E-state index contributed by atoms with van der Waals surface area (Å²) < 4.78 is 11.1. The Morgan fingerprint density at radius 1 is 1.26 bits per heavy atom. The Balaban J connectivity index is 2.27. The molecule has 19 heavy (non-hydrogen) atoms. The minimum atomic E-state index is 0.00661. The molecule has 0 aliphatic carbocycles. The molecule has 0 aliphatic rings. The minimum absolute atomic E-state index is 0.00661. The van der Waals surface area contributed by atoms with Crippen LogP contribution in [0.15, 0.2) is 24.3 Å². The van der Waals surface area contributed by atoms with Crippen LogP contribution < -0.4 is 20.5 Å². The second-order valence-electron chi connectivity index (χ2n) is 3.97. The van der Waals surface area contributed by atoms with Crippen LogP contribution in [-0.2, 0) is 4.79 Å². The molecule has 0 bridgehead atoms. The first-order valence-corrected chi connectivity index (χ1v) is 6.59. The zero-order chi connectivity index (χ0) is 13.9. The van der Waals surface area contributed by atoms with Gasteiger partial charge < -0.3 is 20.5 Å². The van der Waals surface area contributed by atoms with Crippen LogP contribution in [-0.4, -0.2) is 32.2 Å². The van der Waals surface area contributed by atoms with Gasteiger partial charge in [0.2, 0.25) is 5.91 Å². The van der Waals surface area contributed by atoms with Crippen molar-refractivity contribution in [2.75, 3.05) is 26.3 Å². The van der Waals surface area contributed by atoms with E-state index in [1.165, 1.54) is 0 Å². The van der Waals surface area contributed by atoms with Gasteiger partial charge >= 0.3 is 0 Å². The molecule has 3 N–H and O–H groups in total. The largest absolute Gasteiger partial charge is 0.490 e. The highest BCUT2D eigenvalue weighted by molar-refractivity contribution is 5.75. The highest BCUT2D eigenvalue weighted by atomic mass is 16.5. The van der Waals surface area contributed by atoms with Crippen molar-refractivity contribution in [3.05, 3.63) is 24.3 Å². The monoisotopic (exact) mass is 266 g/mol. The lowest BCUT2D eigenvalue weighted by Gasteiger charge is -2.11. The lowest BCUT2D eigenvalue weighted by atomic mass is 10.3. The Kier molecular flexibility index (Phi) is 7.43. The molecule has 5 heteroatoms. The predicted octanol–water partition coefficient (Wildman–Crippen LogP) is 1.32. The first-order chi connectivity index (χ1) is 9.27. The van der Waals surface area contributed by atoms with E-state index in [-0.39, 0.29) is 5.91 Å². The summed E-state index contributed by atoms with van der Waals surface area (Å²) >= 11 is 0. The number of hydrogen-bond donors (Lipinski definition) is 2. The molecule has 0 aromatic heterocycles. The number of hydrogen-bond acceptors (Lipinski definition) is 4. The van der Waals surface area contributed by atoms with Crippen LogP contribution in [0, 0.1) is 0 Å². The molecule has 0 saturated carbocycles. The number of carbonyl (C=O) groups excluding carboxylic acids is 1. The number of nitrogens with one attached hydrogen (secondary N) is 1. The van der Waals surface area contributed by atoms with Crippen LogP contribution in [0.3, 0.4) is 0 Å². The SMILES string of the molecule is CCOc1ccccc1OCCCC(=O)NCCN. The van der Waals surface area contributed by atoms with Crippen molar-refractivity contribution < 1.29 is 14.3 Å². The number of amides is 1. The Morgan fingerprint density at radius 2 is 1.95 bits per heavy atom. The summed E-state index contributed by atoms with van der Waals surface area (Å²) in [6, 6.07) is 7.52. The van der Waals surface area contributed by atoms with Crippen molar-refractivity contribution in [2.24, 2.45) is 5.73 Å². The lowest BCUT2D eigenvalue weighted by molar-refractivity contribution is -0.121. The number of rotatable bonds is 9. The number of nitrogens with two attached hydrogens (primary N) is 1. The summed E-state index contributed by atoms with van der Waals surface area (Å²) in [6.07, 6.45) is 1.10. The number of ether oxygens (including phenoxy) is 2. The molecule has 5 nitrogen and oxygen atoms in total. The van der Waals surface area contributed by atoms with E-state index in [0.29, 0.717) is 44.9 Å². The van der Waals surface area contributed by atoms with Gasteiger partial charge in [0.15, 0.2) is 11.5 Å². The van der Waals surface area contributed by atoms with Gasteiger partial charge in [-0.1, -0.05) is 12.1 Å². The standard InChI is InChI=1S/C14H22N2O3/c1-2-18-12-6-3-4-7-13(12)19-11-5-8-14(17)16-10-9-15/h3-4,6-7H,2,5,8-11,15H2,1H3,(H,16,17). The lowest BCUT2D eigenvalue weighted by Crippen LogP contribution is -2.29. The van der Waals surface area contributed by atoms with Crippen molar-refractivity contribution in [2.45, 2.75) is 19.8 Å². The van der Waals surface area contributed by atoms with Gasteiger partial charge in [0.1, 0.15) is 0 Å². The average Bonchev–Trinajstić information content (AvgIpc) is 2.43. The fourth-order valence-corrected chi connectivity index (χ4v) is 1.56. The summed E-state index contributed by atoms with van der Waals surface area (Å²) in [5.74, 6) is 1.46. The summed E-state index contributed by atoms with van der Waals surface area (Å²) in [7, 11) is 0. The molecule has 1 rings (SSSR count). The fourth-order valence-electron chi connectivity index (χ4n) is 1.56. The Morgan fingerprint density at radius 3 is 2.58 bits per heavy atom. The zero-order valence-electron chi connectivity index (χ0n) is 11.4. The van der Waals surface area contributed by atoms with E-state index in [9.17, 15) is 4.79 Å². The molecule has 1 amide bonds. The summed E-state index contributed by atoms with van der Waals surface area (Å²) in [5.41, 5.74) is 5.30. The smallest absolute Gasteiger partial charge is 0.220 e. The predicted molar refractivity (Wildman–Crippen MR) is 74.4 cm³/mol. The topological polar surface area (TPSA) is 73.6 Å². The van der Waals surface area contributed by atoms with E-state index in [0.717, 1.165) is 5.75 Å². The van der Waals surface area contributed by atoms with Gasteiger partial charge in [-0.25, -0.2) is 0 Å². The normalized spacial score (nSPS) is 10.0. The Labute approximate surface area is 114 Å². The quantitative estimate of drug-likeness (QED) is 0.661. The maximum absolute atomic E-state index is 11.3. The van der Waals surface area contributed by atoms with Crippen LogP contribution >= 0.6 is 0 Å². The Bertz CT molecular complexity index is 383. The number of carbonyl (C=O) groups is 1. The third-order valence-corrected chi connectivity index (χ3v) is 2.42. The molecule has 1 aromatic carbocycles. The van der Waals surface area contributed by atoms with Crippen molar-refractivity contribution in [3.63, 3.8) is 0 Å². The number of para-hydroxylation sites is 2. The van der Waals surface area contributed by atoms with Crippen molar-refractivity contribution >= 4 is 5.91 Å². The van der Waals surface area contributed by atoms with Gasteiger partial charge in [0.05, 0.1) is 13.2 Å². The van der Waals surface area contributed by atoms with Gasteiger partial charge in [0, 0.05) is 19.5 Å². The zero-order valence-corrected chi connectivity index (χ0v) is 11.4. The summed E-state index contributed by atoms with van der Waals surface area (Å²) in [6.45, 7) is 4.00. The Hall–Kier alpha value is -1.75. The average molecular weight is 266 g/mol. The molecular weight excluding hydrogens is 244 g/mol. The molecule has 1 aromatic rings. The second-order valence-corrected chi connectivity index (χ2v) is 3.97. The van der Waals surface area contributed by atoms with E-state index < -0.39 is 0 Å². The fraction of sp³-hybridized carbons (Fsp3) is 0.500. The molecule has 0 radical (unpaired) electrons. The molecular formula is C14H22N2O3. The molecule has 0 saturated heterocycles. The molecule has 0 heterocycles. The van der Waals surface area contributed by atoms with Gasteiger partial charge in [-0.3, -0.25) is 4.79 Å². The van der Waals surface area contributed by atoms with Gasteiger partial charge in [-0.15, -0.1) is 0 Å². The van der Waals surface area contributed by atoms with E-state index in [1.54, 1.807) is 0 Å². The van der Waals surface area contributed by atoms with Crippen LogP contribution in [0.25, 0.3) is 0 Å². The van der Waals surface area contributed by atoms with E-state index >= 15 is 0 Å². The van der Waals surface area contributed by atoms with E-state index in [4.69, 9.17) is 15.2 Å². The van der Waals surface area contributed by atoms with Crippen LogP contribution in [0.5, 0.6) is 11.5 Å². The second kappa shape index (κ2) is 9.22. The van der Waals surface area contributed by atoms with Crippen molar-refractivity contribution in [1.82, 2.24) is 5.32 Å². The molecule has 0 fully saturated rings. The van der Waals surface area contributed by atoms with Crippen molar-refractivity contribution in [1.29, 1.82) is 0 Å². The minimum Gasteiger partial charge on any atom is -0.490 e. The van der Waals surface area contributed by atoms with E-state index in [1.807, 2.05) is 31.2 Å². The maximum atomic E-state index is 11.3. The molecule has 0 aliphatic heterocycles. The van der Waals surface area contributed by atoms with Crippen molar-refractivity contribution in [3.8, 4) is 11.5 Å². The first-order valence-electron chi connectivity index (χ1n) is 6.59. The van der Waals surface area contributed by atoms with Gasteiger partial charge in [-0.05, 0) is 25.5 Å². The maximum Gasteiger partial charge on any atom is 0.220 e. The molecule has 106 valence electrons. The molecule has 0 unspecified atom stereocenters. The summed E-state index contributed by atoms with van der Waals surface area (Å²) in [4.78, 5) is 11.3. The highest BCUT2D eigenvalue weighted by Gasteiger charge is 2.04. The van der Waals surface area contributed by atoms with Gasteiger partial charge in [-0.2, -0.15) is 0 Å². The first kappa shape index (κ1) is 15.3. The van der Waals surface area contributed by atoms with Crippen LogP contribution in [0.2, 0.25) is 0 Å². The van der Waals surface area contributed by atoms with Gasteiger partial charge in [0.25, 0.3) is 0 Å². The number of benzene rings is 1. The van der Waals surface area contributed by atoms with Crippen LogP contribution in [0.4, 0.5) is 0 Å². The third kappa shape index (κ3) is 6.10. The van der Waals surface area contributed by atoms with Crippen LogP contribution in [0.1, 0.15) is 19.8 Å².